The maximum absolute atomic E-state index is 10.6. The minimum Gasteiger partial charge on any atom is -0.385 e. The lowest BCUT2D eigenvalue weighted by Crippen LogP contribution is -2.32. The second kappa shape index (κ2) is 6.38. The monoisotopic (exact) mass is 196 g/mol. The van der Waals surface area contributed by atoms with E-state index in [-0.39, 0.29) is 11.8 Å². The molecule has 0 radical (unpaired) electrons. The molecule has 14 heavy (non-hydrogen) atoms. The third-order valence-electron chi connectivity index (χ3n) is 1.55. The van der Waals surface area contributed by atoms with Crippen LogP contribution < -0.4 is 11.1 Å². The Morgan fingerprint density at radius 3 is 2.29 bits per heavy atom. The number of hydrogen-bond acceptors (Lipinski definition) is 3. The Morgan fingerprint density at radius 1 is 1.36 bits per heavy atom. The Bertz CT molecular complexity index is 240. The van der Waals surface area contributed by atoms with Crippen LogP contribution in [0.5, 0.6) is 0 Å². The molecule has 0 heterocycles. The highest BCUT2D eigenvalue weighted by molar-refractivity contribution is 5.87. The van der Waals surface area contributed by atoms with Gasteiger partial charge in [0.05, 0.1) is 0 Å². The smallest absolute Gasteiger partial charge is 0.152 e. The van der Waals surface area contributed by atoms with E-state index >= 15 is 0 Å². The Balaban J connectivity index is 4.41. The minimum atomic E-state index is -0.0472. The summed E-state index contributed by atoms with van der Waals surface area (Å²) >= 11 is 0. The predicted octanol–water partition coefficient (Wildman–Crippen LogP) is 1.36. The van der Waals surface area contributed by atoms with Gasteiger partial charge in [-0.15, -0.1) is 0 Å². The molecule has 0 rings (SSSR count). The molecule has 0 unspecified atom stereocenters. The number of ketones is 1. The van der Waals surface area contributed by atoms with Crippen LogP contribution in [0.3, 0.4) is 0 Å². The number of hydrogen-bond donors (Lipinski definition) is 2. The first-order valence-corrected chi connectivity index (χ1v) is 4.84. The van der Waals surface area contributed by atoms with Gasteiger partial charge in [0.25, 0.3) is 0 Å². The lowest BCUT2D eigenvalue weighted by molar-refractivity contribution is -0.112. The SMILES string of the molecule is CC(=O)/C=C/C=C(/NC(C)C)[C@H](C)N. The molecule has 0 amide bonds. The summed E-state index contributed by atoms with van der Waals surface area (Å²) in [6.45, 7) is 7.52. The second-order valence-electron chi connectivity index (χ2n) is 3.68. The van der Waals surface area contributed by atoms with E-state index < -0.39 is 0 Å². The van der Waals surface area contributed by atoms with Gasteiger partial charge >= 0.3 is 0 Å². The molecule has 0 fully saturated rings. The van der Waals surface area contributed by atoms with Gasteiger partial charge in [-0.2, -0.15) is 0 Å². The summed E-state index contributed by atoms with van der Waals surface area (Å²) in [5.41, 5.74) is 6.69. The fourth-order valence-electron chi connectivity index (χ4n) is 0.952. The lowest BCUT2D eigenvalue weighted by Gasteiger charge is -2.16. The largest absolute Gasteiger partial charge is 0.385 e. The van der Waals surface area contributed by atoms with Crippen LogP contribution in [-0.2, 0) is 4.79 Å². The quantitative estimate of drug-likeness (QED) is 0.515. The molecule has 0 aliphatic heterocycles. The summed E-state index contributed by atoms with van der Waals surface area (Å²) in [4.78, 5) is 10.6. The van der Waals surface area contributed by atoms with Gasteiger partial charge in [0.2, 0.25) is 0 Å². The molecule has 0 saturated carbocycles. The van der Waals surface area contributed by atoms with Crippen molar-refractivity contribution in [1.29, 1.82) is 0 Å². The van der Waals surface area contributed by atoms with Crippen molar-refractivity contribution in [2.45, 2.75) is 39.8 Å². The van der Waals surface area contributed by atoms with E-state index in [9.17, 15) is 4.79 Å². The van der Waals surface area contributed by atoms with Crippen LogP contribution in [-0.4, -0.2) is 17.9 Å². The van der Waals surface area contributed by atoms with E-state index in [2.05, 4.69) is 5.32 Å². The molecule has 3 nitrogen and oxygen atoms in total. The van der Waals surface area contributed by atoms with Crippen molar-refractivity contribution in [1.82, 2.24) is 5.32 Å². The van der Waals surface area contributed by atoms with Crippen molar-refractivity contribution in [3.8, 4) is 0 Å². The fourth-order valence-corrected chi connectivity index (χ4v) is 0.952. The molecule has 3 N–H and O–H groups in total. The number of allylic oxidation sites excluding steroid dienone is 3. The minimum absolute atomic E-state index is 0.0369. The van der Waals surface area contributed by atoms with Crippen molar-refractivity contribution in [3.63, 3.8) is 0 Å². The standard InChI is InChI=1S/C11H20N2O/c1-8(2)13-11(10(4)12)7-5-6-9(3)14/h5-8,10,13H,12H2,1-4H3/b6-5+,11-7+/t10-/m0/s1. The van der Waals surface area contributed by atoms with Gasteiger partial charge in [0.15, 0.2) is 5.78 Å². The molecule has 80 valence electrons. The van der Waals surface area contributed by atoms with Gasteiger partial charge in [-0.1, -0.05) is 6.08 Å². The number of carbonyl (C=O) groups excluding carboxylic acids is 1. The van der Waals surface area contributed by atoms with Crippen LogP contribution in [0.15, 0.2) is 23.9 Å². The Morgan fingerprint density at radius 2 is 1.93 bits per heavy atom. The molecule has 0 bridgehead atoms. The Hall–Kier alpha value is -1.09. The van der Waals surface area contributed by atoms with Gasteiger partial charge < -0.3 is 11.1 Å². The molecule has 0 aliphatic carbocycles. The van der Waals surface area contributed by atoms with Crippen LogP contribution in [0, 0.1) is 0 Å². The van der Waals surface area contributed by atoms with Crippen LogP contribution >= 0.6 is 0 Å². The van der Waals surface area contributed by atoms with Crippen LogP contribution in [0.25, 0.3) is 0 Å². The first-order chi connectivity index (χ1) is 6.43. The van der Waals surface area contributed by atoms with Gasteiger partial charge in [0, 0.05) is 17.8 Å². The summed E-state index contributed by atoms with van der Waals surface area (Å²) in [6.07, 6.45) is 5.08. The van der Waals surface area contributed by atoms with Crippen molar-refractivity contribution in [3.05, 3.63) is 23.9 Å². The van der Waals surface area contributed by atoms with Crippen LogP contribution in [0.1, 0.15) is 27.7 Å². The summed E-state index contributed by atoms with van der Waals surface area (Å²) in [6, 6.07) is 0.298. The molecule has 0 saturated heterocycles. The number of nitrogens with one attached hydrogen (secondary N) is 1. The summed E-state index contributed by atoms with van der Waals surface area (Å²) in [7, 11) is 0. The van der Waals surface area contributed by atoms with Crippen LogP contribution in [0.2, 0.25) is 0 Å². The molecule has 0 aliphatic rings. The van der Waals surface area contributed by atoms with Gasteiger partial charge in [-0.25, -0.2) is 0 Å². The van der Waals surface area contributed by atoms with Crippen molar-refractivity contribution in [2.24, 2.45) is 5.73 Å². The number of rotatable bonds is 5. The van der Waals surface area contributed by atoms with Crippen molar-refractivity contribution < 1.29 is 4.79 Å². The van der Waals surface area contributed by atoms with Gasteiger partial charge in [0.1, 0.15) is 0 Å². The van der Waals surface area contributed by atoms with E-state index in [0.717, 1.165) is 5.70 Å². The zero-order chi connectivity index (χ0) is 11.1. The first kappa shape index (κ1) is 12.9. The van der Waals surface area contributed by atoms with E-state index in [1.807, 2.05) is 26.8 Å². The maximum Gasteiger partial charge on any atom is 0.152 e. The highest BCUT2D eigenvalue weighted by atomic mass is 16.1. The number of nitrogens with two attached hydrogens (primary N) is 1. The molecule has 0 aromatic carbocycles. The first-order valence-electron chi connectivity index (χ1n) is 4.84. The third-order valence-corrected chi connectivity index (χ3v) is 1.55. The topological polar surface area (TPSA) is 55.1 Å². The highest BCUT2D eigenvalue weighted by Crippen LogP contribution is 1.97. The number of carbonyl (C=O) groups is 1. The highest BCUT2D eigenvalue weighted by Gasteiger charge is 2.02. The third kappa shape index (κ3) is 6.43. The average molecular weight is 196 g/mol. The molecule has 0 aromatic heterocycles. The van der Waals surface area contributed by atoms with E-state index in [1.54, 1.807) is 6.08 Å². The van der Waals surface area contributed by atoms with E-state index in [4.69, 9.17) is 5.73 Å². The molecular weight excluding hydrogens is 176 g/mol. The second-order valence-corrected chi connectivity index (χ2v) is 3.68. The fraction of sp³-hybridized carbons (Fsp3) is 0.545. The van der Waals surface area contributed by atoms with E-state index in [0.29, 0.717) is 6.04 Å². The molecule has 1 atom stereocenters. The van der Waals surface area contributed by atoms with Crippen molar-refractivity contribution in [2.75, 3.05) is 0 Å². The van der Waals surface area contributed by atoms with Gasteiger partial charge in [-0.05, 0) is 39.8 Å². The Labute approximate surface area is 86.1 Å². The van der Waals surface area contributed by atoms with Gasteiger partial charge in [-0.3, -0.25) is 4.79 Å². The summed E-state index contributed by atoms with van der Waals surface area (Å²) in [5, 5.41) is 3.23. The summed E-state index contributed by atoms with van der Waals surface area (Å²) < 4.78 is 0. The molecule has 0 spiro atoms. The molecule has 3 heteroatoms. The van der Waals surface area contributed by atoms with E-state index in [1.165, 1.54) is 13.0 Å². The zero-order valence-electron chi connectivity index (χ0n) is 9.37. The van der Waals surface area contributed by atoms with Crippen molar-refractivity contribution >= 4 is 5.78 Å². The average Bonchev–Trinajstić information content (AvgIpc) is 2.00. The molecular formula is C11H20N2O. The van der Waals surface area contributed by atoms with Crippen LogP contribution in [0.4, 0.5) is 0 Å². The summed E-state index contributed by atoms with van der Waals surface area (Å²) in [5.74, 6) is 0.0369. The normalized spacial score (nSPS) is 14.9. The predicted molar refractivity (Wildman–Crippen MR) is 59.8 cm³/mol. The molecule has 0 aromatic rings. The maximum atomic E-state index is 10.6. The lowest BCUT2D eigenvalue weighted by atomic mass is 10.2. The zero-order valence-corrected chi connectivity index (χ0v) is 9.37. The Kier molecular flexibility index (Phi) is 5.88.